The quantitative estimate of drug-likeness (QED) is 0.453. The summed E-state index contributed by atoms with van der Waals surface area (Å²) in [5.74, 6) is -3.81. The summed E-state index contributed by atoms with van der Waals surface area (Å²) in [5, 5.41) is 10.5. The molecule has 0 aromatic heterocycles. The number of nitro groups is 1. The van der Waals surface area contributed by atoms with Crippen LogP contribution in [0, 0.1) is 15.9 Å². The van der Waals surface area contributed by atoms with E-state index in [0.29, 0.717) is 0 Å². The molecule has 0 aliphatic rings. The number of halogens is 2. The predicted octanol–water partition coefficient (Wildman–Crippen LogP) is 2.01. The average molecular weight is 396 g/mol. The van der Waals surface area contributed by atoms with Crippen molar-refractivity contribution in [2.24, 2.45) is 0 Å². The average Bonchev–Trinajstić information content (AvgIpc) is 2.64. The third kappa shape index (κ3) is 5.22. The monoisotopic (exact) mass is 395 g/mol. The lowest BCUT2D eigenvalue weighted by molar-refractivity contribution is -0.384. The second kappa shape index (κ2) is 8.72. The number of rotatable bonds is 5. The largest absolute Gasteiger partial charge is 0.452 e. The molecule has 9 nitrogen and oxygen atoms in total. The smallest absolute Gasteiger partial charge is 0.343 e. The lowest BCUT2D eigenvalue weighted by Crippen LogP contribution is -2.43. The van der Waals surface area contributed by atoms with Crippen LogP contribution in [0.15, 0.2) is 42.5 Å². The number of carbonyl (C=O) groups is 3. The van der Waals surface area contributed by atoms with Crippen molar-refractivity contribution in [2.75, 3.05) is 6.61 Å². The number of nitrogens with zero attached hydrogens (tertiary/aromatic N) is 1. The van der Waals surface area contributed by atoms with E-state index >= 15 is 0 Å². The molecular formula is C16H11ClFN3O6. The minimum absolute atomic E-state index is 0.0698. The maximum atomic E-state index is 13.6. The topological polar surface area (TPSA) is 128 Å². The Morgan fingerprint density at radius 1 is 1.15 bits per heavy atom. The van der Waals surface area contributed by atoms with Gasteiger partial charge in [0.15, 0.2) is 6.61 Å². The van der Waals surface area contributed by atoms with Crippen molar-refractivity contribution in [1.82, 2.24) is 10.9 Å². The zero-order valence-electron chi connectivity index (χ0n) is 13.4. The summed E-state index contributed by atoms with van der Waals surface area (Å²) in [6.45, 7) is -0.821. The number of amides is 2. The summed E-state index contributed by atoms with van der Waals surface area (Å²) >= 11 is 5.70. The fourth-order valence-corrected chi connectivity index (χ4v) is 2.13. The van der Waals surface area contributed by atoms with Gasteiger partial charge in [-0.05, 0) is 18.2 Å². The van der Waals surface area contributed by atoms with Gasteiger partial charge in [0.2, 0.25) is 0 Å². The van der Waals surface area contributed by atoms with E-state index in [9.17, 15) is 28.9 Å². The molecule has 0 aliphatic carbocycles. The molecular weight excluding hydrogens is 385 g/mol. The van der Waals surface area contributed by atoms with Gasteiger partial charge < -0.3 is 4.74 Å². The van der Waals surface area contributed by atoms with Crippen LogP contribution in [0.5, 0.6) is 0 Å². The Bertz CT molecular complexity index is 901. The van der Waals surface area contributed by atoms with E-state index in [4.69, 9.17) is 11.6 Å². The predicted molar refractivity (Wildman–Crippen MR) is 90.4 cm³/mol. The lowest BCUT2D eigenvalue weighted by atomic mass is 10.2. The number of benzene rings is 2. The van der Waals surface area contributed by atoms with Crippen LogP contribution in [0.25, 0.3) is 0 Å². The summed E-state index contributed by atoms with van der Waals surface area (Å²) < 4.78 is 18.2. The second-order valence-corrected chi connectivity index (χ2v) is 5.39. The molecule has 11 heteroatoms. The maximum Gasteiger partial charge on any atom is 0.343 e. The van der Waals surface area contributed by atoms with Crippen molar-refractivity contribution in [2.45, 2.75) is 0 Å². The van der Waals surface area contributed by atoms with E-state index in [1.807, 2.05) is 10.9 Å². The first-order chi connectivity index (χ1) is 12.8. The Labute approximate surface area is 156 Å². The van der Waals surface area contributed by atoms with Crippen LogP contribution in [0.1, 0.15) is 20.7 Å². The first-order valence-corrected chi connectivity index (χ1v) is 7.62. The van der Waals surface area contributed by atoms with E-state index in [1.165, 1.54) is 30.3 Å². The van der Waals surface area contributed by atoms with Crippen molar-refractivity contribution in [3.8, 4) is 0 Å². The molecule has 2 rings (SSSR count). The maximum absolute atomic E-state index is 13.6. The van der Waals surface area contributed by atoms with Gasteiger partial charge in [0.1, 0.15) is 11.4 Å². The van der Waals surface area contributed by atoms with E-state index in [2.05, 4.69) is 4.74 Å². The molecule has 2 aromatic carbocycles. The third-order valence-corrected chi connectivity index (χ3v) is 3.45. The molecule has 2 aromatic rings. The van der Waals surface area contributed by atoms with Gasteiger partial charge in [-0.15, -0.1) is 0 Å². The van der Waals surface area contributed by atoms with Gasteiger partial charge in [-0.3, -0.25) is 30.6 Å². The van der Waals surface area contributed by atoms with Crippen LogP contribution in [-0.2, 0) is 9.53 Å². The molecule has 2 N–H and O–H groups in total. The fourth-order valence-electron chi connectivity index (χ4n) is 1.89. The Morgan fingerprint density at radius 3 is 2.52 bits per heavy atom. The number of non-ortho nitro benzene ring substituents is 1. The molecule has 0 heterocycles. The molecule has 0 spiro atoms. The highest BCUT2D eigenvalue weighted by molar-refractivity contribution is 6.33. The fraction of sp³-hybridized carbons (Fsp3) is 0.0625. The van der Waals surface area contributed by atoms with E-state index < -0.39 is 40.7 Å². The number of carbonyl (C=O) groups excluding carboxylic acids is 3. The van der Waals surface area contributed by atoms with E-state index in [-0.39, 0.29) is 16.3 Å². The number of esters is 1. The van der Waals surface area contributed by atoms with Gasteiger partial charge >= 0.3 is 5.97 Å². The van der Waals surface area contributed by atoms with Crippen molar-refractivity contribution in [3.05, 3.63) is 74.5 Å². The SMILES string of the molecule is O=C(COC(=O)c1c(F)cccc1Cl)NNC(=O)c1cccc([N+](=O)[O-])c1. The minimum atomic E-state index is -1.15. The Morgan fingerprint density at radius 2 is 1.85 bits per heavy atom. The zero-order chi connectivity index (χ0) is 20.0. The van der Waals surface area contributed by atoms with Crippen LogP contribution in [-0.4, -0.2) is 29.3 Å². The second-order valence-electron chi connectivity index (χ2n) is 4.98. The minimum Gasteiger partial charge on any atom is -0.452 e. The summed E-state index contributed by atoms with van der Waals surface area (Å²) in [4.78, 5) is 45.2. The highest BCUT2D eigenvalue weighted by atomic mass is 35.5. The number of ether oxygens (including phenoxy) is 1. The van der Waals surface area contributed by atoms with Gasteiger partial charge in [0, 0.05) is 17.7 Å². The van der Waals surface area contributed by atoms with Gasteiger partial charge in [-0.2, -0.15) is 0 Å². The zero-order valence-corrected chi connectivity index (χ0v) is 14.2. The molecule has 0 saturated carbocycles. The van der Waals surface area contributed by atoms with Crippen LogP contribution in [0.3, 0.4) is 0 Å². The number of hydrazine groups is 1. The van der Waals surface area contributed by atoms with E-state index in [1.54, 1.807) is 0 Å². The highest BCUT2D eigenvalue weighted by Gasteiger charge is 2.19. The molecule has 140 valence electrons. The van der Waals surface area contributed by atoms with Crippen LogP contribution >= 0.6 is 11.6 Å². The van der Waals surface area contributed by atoms with Crippen molar-refractivity contribution in [1.29, 1.82) is 0 Å². The Hall–Kier alpha value is -3.53. The number of hydrogen-bond acceptors (Lipinski definition) is 6. The lowest BCUT2D eigenvalue weighted by Gasteiger charge is -2.09. The molecule has 0 radical (unpaired) electrons. The van der Waals surface area contributed by atoms with Crippen molar-refractivity contribution in [3.63, 3.8) is 0 Å². The molecule has 0 aliphatic heterocycles. The normalized spacial score (nSPS) is 10.0. The highest BCUT2D eigenvalue weighted by Crippen LogP contribution is 2.19. The van der Waals surface area contributed by atoms with E-state index in [0.717, 1.165) is 12.1 Å². The molecule has 0 fully saturated rings. The number of nitrogens with one attached hydrogen (secondary N) is 2. The Kier molecular flexibility index (Phi) is 6.39. The summed E-state index contributed by atoms with van der Waals surface area (Å²) in [5.41, 5.74) is 3.06. The summed E-state index contributed by atoms with van der Waals surface area (Å²) in [6, 6.07) is 8.39. The first-order valence-electron chi connectivity index (χ1n) is 7.24. The van der Waals surface area contributed by atoms with Gasteiger partial charge in [0.05, 0.1) is 9.95 Å². The van der Waals surface area contributed by atoms with Crippen LogP contribution < -0.4 is 10.9 Å². The van der Waals surface area contributed by atoms with Gasteiger partial charge in [0.25, 0.3) is 17.5 Å². The van der Waals surface area contributed by atoms with Crippen LogP contribution in [0.2, 0.25) is 5.02 Å². The molecule has 27 heavy (non-hydrogen) atoms. The standard InChI is InChI=1S/C16H11ClFN3O6/c17-11-5-2-6-12(18)14(11)16(24)27-8-13(22)19-20-15(23)9-3-1-4-10(7-9)21(25)26/h1-7H,8H2,(H,19,22)(H,20,23). The molecule has 0 atom stereocenters. The van der Waals surface area contributed by atoms with Crippen molar-refractivity contribution >= 4 is 35.1 Å². The molecule has 2 amide bonds. The Balaban J connectivity index is 1.87. The number of hydrogen-bond donors (Lipinski definition) is 2. The van der Waals surface area contributed by atoms with Gasteiger partial charge in [-0.25, -0.2) is 9.18 Å². The first kappa shape index (κ1) is 19.8. The summed E-state index contributed by atoms with van der Waals surface area (Å²) in [6.07, 6.45) is 0. The molecule has 0 saturated heterocycles. The van der Waals surface area contributed by atoms with Crippen molar-refractivity contribution < 1.29 is 28.4 Å². The number of nitro benzene ring substituents is 1. The summed E-state index contributed by atoms with van der Waals surface area (Å²) in [7, 11) is 0. The van der Waals surface area contributed by atoms with Gasteiger partial charge in [-0.1, -0.05) is 23.7 Å². The third-order valence-electron chi connectivity index (χ3n) is 3.14. The van der Waals surface area contributed by atoms with Crippen LogP contribution in [0.4, 0.5) is 10.1 Å². The molecule has 0 bridgehead atoms. The molecule has 0 unspecified atom stereocenters.